The highest BCUT2D eigenvalue weighted by Crippen LogP contribution is 2.18. The van der Waals surface area contributed by atoms with E-state index in [1.807, 2.05) is 36.4 Å². The number of benzene rings is 2. The van der Waals surface area contributed by atoms with Crippen molar-refractivity contribution in [3.8, 4) is 0 Å². The van der Waals surface area contributed by atoms with Gasteiger partial charge in [0.1, 0.15) is 5.82 Å². The maximum atomic E-state index is 12.7. The summed E-state index contributed by atoms with van der Waals surface area (Å²) in [6.07, 6.45) is 0. The molecule has 0 bridgehead atoms. The molecule has 2 aromatic carbocycles. The summed E-state index contributed by atoms with van der Waals surface area (Å²) in [4.78, 5) is 34.9. The van der Waals surface area contributed by atoms with Crippen LogP contribution in [-0.4, -0.2) is 46.8 Å². The van der Waals surface area contributed by atoms with Gasteiger partial charge in [0, 0.05) is 18.6 Å². The quantitative estimate of drug-likeness (QED) is 0.606. The lowest BCUT2D eigenvalue weighted by Gasteiger charge is -2.22. The zero-order valence-electron chi connectivity index (χ0n) is 15.1. The van der Waals surface area contributed by atoms with Gasteiger partial charge in [0.15, 0.2) is 0 Å². The van der Waals surface area contributed by atoms with Gasteiger partial charge in [-0.25, -0.2) is 4.98 Å². The van der Waals surface area contributed by atoms with Gasteiger partial charge in [0.25, 0.3) is 5.56 Å². The highest BCUT2D eigenvalue weighted by atomic mass is 32.2. The standard InChI is InChI=1S/C20H21N3O3S/c1-26-12-11-23(19(24)14-27-15-7-3-2-4-8-15)13-18-21-17-10-6-5-9-16(17)20(25)22-18/h2-10H,11-14H2,1H3,(H,21,22,25). The number of carbonyl (C=O) groups is 1. The number of nitrogens with one attached hydrogen (secondary N) is 1. The van der Waals surface area contributed by atoms with Gasteiger partial charge in [-0.05, 0) is 24.3 Å². The number of hydrogen-bond donors (Lipinski definition) is 1. The van der Waals surface area contributed by atoms with Crippen LogP contribution in [-0.2, 0) is 16.1 Å². The molecule has 3 aromatic rings. The maximum Gasteiger partial charge on any atom is 0.258 e. The Kier molecular flexibility index (Phi) is 6.62. The molecular formula is C20H21N3O3S. The third-order valence-corrected chi connectivity index (χ3v) is 5.02. The normalized spacial score (nSPS) is 10.9. The van der Waals surface area contributed by atoms with Gasteiger partial charge in [0.05, 0.1) is 29.8 Å². The zero-order chi connectivity index (χ0) is 19.1. The molecule has 0 saturated heterocycles. The van der Waals surface area contributed by atoms with Crippen molar-refractivity contribution >= 4 is 28.6 Å². The van der Waals surface area contributed by atoms with Gasteiger partial charge in [-0.1, -0.05) is 30.3 Å². The third-order valence-electron chi connectivity index (χ3n) is 4.03. The number of hydrogen-bond acceptors (Lipinski definition) is 5. The maximum absolute atomic E-state index is 12.7. The Morgan fingerprint density at radius 1 is 1.15 bits per heavy atom. The van der Waals surface area contributed by atoms with Crippen LogP contribution in [0.2, 0.25) is 0 Å². The van der Waals surface area contributed by atoms with E-state index in [2.05, 4.69) is 9.97 Å². The number of aromatic amines is 1. The van der Waals surface area contributed by atoms with Crippen molar-refractivity contribution in [1.29, 1.82) is 0 Å². The predicted octanol–water partition coefficient (Wildman–Crippen LogP) is 2.69. The SMILES string of the molecule is COCCN(Cc1nc2ccccc2c(=O)[nH]1)C(=O)CSc1ccccc1. The molecule has 0 fully saturated rings. The van der Waals surface area contributed by atoms with E-state index in [0.29, 0.717) is 35.6 Å². The number of amides is 1. The molecule has 1 heterocycles. The Morgan fingerprint density at radius 2 is 1.89 bits per heavy atom. The number of para-hydroxylation sites is 1. The fourth-order valence-electron chi connectivity index (χ4n) is 2.64. The first-order valence-electron chi connectivity index (χ1n) is 8.60. The topological polar surface area (TPSA) is 75.3 Å². The van der Waals surface area contributed by atoms with Gasteiger partial charge in [-0.15, -0.1) is 11.8 Å². The summed E-state index contributed by atoms with van der Waals surface area (Å²) in [7, 11) is 1.59. The molecule has 27 heavy (non-hydrogen) atoms. The minimum absolute atomic E-state index is 0.0308. The van der Waals surface area contributed by atoms with Crippen LogP contribution in [0.1, 0.15) is 5.82 Å². The molecular weight excluding hydrogens is 362 g/mol. The number of fused-ring (bicyclic) bond motifs is 1. The number of H-pyrrole nitrogens is 1. The first-order chi connectivity index (χ1) is 13.2. The van der Waals surface area contributed by atoms with Gasteiger partial charge in [-0.2, -0.15) is 0 Å². The summed E-state index contributed by atoms with van der Waals surface area (Å²) in [6, 6.07) is 16.9. The highest BCUT2D eigenvalue weighted by molar-refractivity contribution is 8.00. The van der Waals surface area contributed by atoms with Crippen LogP contribution in [0.5, 0.6) is 0 Å². The summed E-state index contributed by atoms with van der Waals surface area (Å²) in [5.74, 6) is 0.746. The average molecular weight is 383 g/mol. The van der Waals surface area contributed by atoms with Gasteiger partial charge in [-0.3, -0.25) is 9.59 Å². The molecule has 0 aliphatic heterocycles. The van der Waals surface area contributed by atoms with E-state index in [1.165, 1.54) is 11.8 Å². The van der Waals surface area contributed by atoms with Gasteiger partial charge in [0.2, 0.25) is 5.91 Å². The summed E-state index contributed by atoms with van der Waals surface area (Å²) >= 11 is 1.48. The van der Waals surface area contributed by atoms with Crippen molar-refractivity contribution in [3.63, 3.8) is 0 Å². The minimum Gasteiger partial charge on any atom is -0.383 e. The number of methoxy groups -OCH3 is 1. The molecule has 0 unspecified atom stereocenters. The molecule has 7 heteroatoms. The molecule has 0 aliphatic rings. The fraction of sp³-hybridized carbons (Fsp3) is 0.250. The van der Waals surface area contributed by atoms with Crippen molar-refractivity contribution < 1.29 is 9.53 Å². The molecule has 1 aromatic heterocycles. The lowest BCUT2D eigenvalue weighted by molar-refractivity contribution is -0.129. The Morgan fingerprint density at radius 3 is 2.67 bits per heavy atom. The van der Waals surface area contributed by atoms with E-state index in [9.17, 15) is 9.59 Å². The third kappa shape index (κ3) is 5.18. The van der Waals surface area contributed by atoms with E-state index in [-0.39, 0.29) is 18.0 Å². The minimum atomic E-state index is -0.201. The fourth-order valence-corrected chi connectivity index (χ4v) is 3.46. The van der Waals surface area contributed by atoms with Gasteiger partial charge < -0.3 is 14.6 Å². The van der Waals surface area contributed by atoms with Crippen LogP contribution in [0.3, 0.4) is 0 Å². The van der Waals surface area contributed by atoms with Crippen LogP contribution in [0.25, 0.3) is 10.9 Å². The second kappa shape index (κ2) is 9.34. The summed E-state index contributed by atoms with van der Waals surface area (Å²) < 4.78 is 5.12. The lowest BCUT2D eigenvalue weighted by Crippen LogP contribution is -2.35. The lowest BCUT2D eigenvalue weighted by atomic mass is 10.2. The predicted molar refractivity (Wildman–Crippen MR) is 107 cm³/mol. The number of nitrogens with zero attached hydrogens (tertiary/aromatic N) is 2. The molecule has 0 spiro atoms. The van der Waals surface area contributed by atoms with E-state index in [4.69, 9.17) is 4.74 Å². The molecule has 0 saturated carbocycles. The number of carbonyl (C=O) groups excluding carboxylic acids is 1. The summed E-state index contributed by atoms with van der Waals surface area (Å²) in [5.41, 5.74) is 0.419. The van der Waals surface area contributed by atoms with Crippen molar-refractivity contribution in [3.05, 3.63) is 70.8 Å². The Bertz CT molecular complexity index is 959. The average Bonchev–Trinajstić information content (AvgIpc) is 2.70. The van der Waals surface area contributed by atoms with Crippen molar-refractivity contribution in [1.82, 2.24) is 14.9 Å². The van der Waals surface area contributed by atoms with Crippen molar-refractivity contribution in [2.75, 3.05) is 26.0 Å². The Balaban J connectivity index is 1.74. The van der Waals surface area contributed by atoms with Crippen LogP contribution < -0.4 is 5.56 Å². The molecule has 1 N–H and O–H groups in total. The van der Waals surface area contributed by atoms with Gasteiger partial charge >= 0.3 is 0 Å². The summed E-state index contributed by atoms with van der Waals surface area (Å²) in [5, 5.41) is 0.538. The number of rotatable bonds is 8. The van der Waals surface area contributed by atoms with E-state index >= 15 is 0 Å². The molecule has 6 nitrogen and oxygen atoms in total. The smallest absolute Gasteiger partial charge is 0.258 e. The summed E-state index contributed by atoms with van der Waals surface area (Å²) in [6.45, 7) is 1.08. The van der Waals surface area contributed by atoms with Crippen LogP contribution in [0.4, 0.5) is 0 Å². The second-order valence-electron chi connectivity index (χ2n) is 5.94. The molecule has 0 radical (unpaired) electrons. The highest BCUT2D eigenvalue weighted by Gasteiger charge is 2.16. The van der Waals surface area contributed by atoms with Crippen LogP contribution in [0, 0.1) is 0 Å². The van der Waals surface area contributed by atoms with E-state index in [0.717, 1.165) is 4.90 Å². The van der Waals surface area contributed by atoms with Crippen molar-refractivity contribution in [2.24, 2.45) is 0 Å². The Labute approximate surface area is 161 Å². The Hall–Kier alpha value is -2.64. The molecule has 3 rings (SSSR count). The molecule has 140 valence electrons. The second-order valence-corrected chi connectivity index (χ2v) is 6.99. The molecule has 0 aliphatic carbocycles. The monoisotopic (exact) mass is 383 g/mol. The molecule has 0 atom stereocenters. The number of aromatic nitrogens is 2. The zero-order valence-corrected chi connectivity index (χ0v) is 15.9. The number of thioether (sulfide) groups is 1. The first-order valence-corrected chi connectivity index (χ1v) is 9.58. The molecule has 1 amide bonds. The largest absolute Gasteiger partial charge is 0.383 e. The van der Waals surface area contributed by atoms with Crippen LogP contribution in [0.15, 0.2) is 64.3 Å². The van der Waals surface area contributed by atoms with Crippen molar-refractivity contribution in [2.45, 2.75) is 11.4 Å². The van der Waals surface area contributed by atoms with E-state index < -0.39 is 0 Å². The number of ether oxygens (including phenoxy) is 1. The van der Waals surface area contributed by atoms with E-state index in [1.54, 1.807) is 30.2 Å². The van der Waals surface area contributed by atoms with Crippen LogP contribution >= 0.6 is 11.8 Å². The first kappa shape index (κ1) is 19.1.